The third kappa shape index (κ3) is 6.11. The van der Waals surface area contributed by atoms with E-state index in [0.29, 0.717) is 24.9 Å². The van der Waals surface area contributed by atoms with Crippen molar-refractivity contribution >= 4 is 27.4 Å². The monoisotopic (exact) mass is 573 g/mol. The molecule has 222 valence electrons. The molecule has 1 fully saturated rings. The lowest BCUT2D eigenvalue weighted by Crippen LogP contribution is -2.38. The first-order valence-corrected chi connectivity index (χ1v) is 15.6. The predicted octanol–water partition coefficient (Wildman–Crippen LogP) is 8.11. The number of hydrogen-bond acceptors (Lipinski definition) is 5. The van der Waals surface area contributed by atoms with Crippen LogP contribution >= 0.6 is 0 Å². The molecule has 5 aromatic rings. The number of nitrogens with zero attached hydrogens (tertiary/aromatic N) is 2. The van der Waals surface area contributed by atoms with Gasteiger partial charge < -0.3 is 20.1 Å². The largest absolute Gasteiger partial charge is 0.481 e. The van der Waals surface area contributed by atoms with Crippen molar-refractivity contribution in [1.82, 2.24) is 9.88 Å². The molecule has 0 saturated heterocycles. The average Bonchev–Trinajstić information content (AvgIpc) is 3.04. The van der Waals surface area contributed by atoms with Gasteiger partial charge in [-0.3, -0.25) is 0 Å². The standard InChI is InChI=1S/C38H43N3O2/c1-41(2)24-23-38(42,34-20-12-16-27-13-10-11-19-32(27)34)36(28-14-6-4-7-15-28)33-26-29-25-31(39-30-17-8-5-9-18-30)21-22-35(29)40-37(33)43-3/h4,6-7,10-16,19-22,25-26,30,36,39,42H,5,8-9,17-18,23-24H2,1-3H3/t36-,38-/m1/s1. The Kier molecular flexibility index (Phi) is 8.64. The number of ether oxygens (including phenoxy) is 1. The van der Waals surface area contributed by atoms with E-state index >= 15 is 0 Å². The zero-order valence-corrected chi connectivity index (χ0v) is 25.6. The summed E-state index contributed by atoms with van der Waals surface area (Å²) in [7, 11) is 5.79. The van der Waals surface area contributed by atoms with Crippen molar-refractivity contribution in [2.75, 3.05) is 33.1 Å². The minimum Gasteiger partial charge on any atom is -0.481 e. The van der Waals surface area contributed by atoms with Gasteiger partial charge in [0, 0.05) is 35.1 Å². The number of pyridine rings is 1. The van der Waals surface area contributed by atoms with Crippen LogP contribution in [0, 0.1) is 0 Å². The molecule has 1 aliphatic carbocycles. The van der Waals surface area contributed by atoms with Crippen molar-refractivity contribution in [2.24, 2.45) is 0 Å². The van der Waals surface area contributed by atoms with Gasteiger partial charge in [-0.25, -0.2) is 4.98 Å². The van der Waals surface area contributed by atoms with Gasteiger partial charge in [0.1, 0.15) is 5.60 Å². The minimum absolute atomic E-state index is 0.429. The summed E-state index contributed by atoms with van der Waals surface area (Å²) >= 11 is 0. The number of anilines is 1. The Morgan fingerprint density at radius 3 is 2.40 bits per heavy atom. The number of benzene rings is 4. The summed E-state index contributed by atoms with van der Waals surface area (Å²) in [6, 6.07) is 34.0. The van der Waals surface area contributed by atoms with Crippen LogP contribution in [0.5, 0.6) is 5.88 Å². The zero-order chi connectivity index (χ0) is 29.8. The first kappa shape index (κ1) is 29.2. The van der Waals surface area contributed by atoms with E-state index in [1.807, 2.05) is 18.2 Å². The Morgan fingerprint density at radius 2 is 1.63 bits per heavy atom. The lowest BCUT2D eigenvalue weighted by molar-refractivity contribution is 0.00520. The van der Waals surface area contributed by atoms with E-state index in [2.05, 4.69) is 103 Å². The van der Waals surface area contributed by atoms with Gasteiger partial charge in [-0.2, -0.15) is 0 Å². The molecular weight excluding hydrogens is 530 g/mol. The van der Waals surface area contributed by atoms with E-state index in [0.717, 1.165) is 44.1 Å². The molecule has 1 saturated carbocycles. The van der Waals surface area contributed by atoms with Crippen molar-refractivity contribution in [3.05, 3.63) is 114 Å². The quantitative estimate of drug-likeness (QED) is 0.177. The van der Waals surface area contributed by atoms with Crippen LogP contribution in [-0.2, 0) is 5.60 Å². The zero-order valence-electron chi connectivity index (χ0n) is 25.6. The van der Waals surface area contributed by atoms with Crippen LogP contribution in [0.25, 0.3) is 21.7 Å². The normalized spacial score (nSPS) is 16.3. The molecule has 2 N–H and O–H groups in total. The molecule has 0 spiro atoms. The molecule has 5 nitrogen and oxygen atoms in total. The van der Waals surface area contributed by atoms with Crippen LogP contribution in [0.2, 0.25) is 0 Å². The Bertz CT molecular complexity index is 1670. The molecule has 43 heavy (non-hydrogen) atoms. The highest BCUT2D eigenvalue weighted by atomic mass is 16.5. The highest BCUT2D eigenvalue weighted by Gasteiger charge is 2.43. The summed E-state index contributed by atoms with van der Waals surface area (Å²) < 4.78 is 6.00. The number of methoxy groups -OCH3 is 1. The number of nitrogens with one attached hydrogen (secondary N) is 1. The molecule has 5 heteroatoms. The molecular formula is C38H43N3O2. The number of fused-ring (bicyclic) bond motifs is 2. The molecule has 0 amide bonds. The molecule has 0 aliphatic heterocycles. The van der Waals surface area contributed by atoms with Gasteiger partial charge in [-0.15, -0.1) is 0 Å². The fourth-order valence-electron chi connectivity index (χ4n) is 6.91. The molecule has 1 heterocycles. The number of aromatic nitrogens is 1. The molecule has 0 unspecified atom stereocenters. The second kappa shape index (κ2) is 12.7. The molecule has 2 atom stereocenters. The van der Waals surface area contributed by atoms with Crippen LogP contribution in [0.1, 0.15) is 61.1 Å². The van der Waals surface area contributed by atoms with Gasteiger partial charge in [0.25, 0.3) is 0 Å². The topological polar surface area (TPSA) is 57.6 Å². The maximum Gasteiger partial charge on any atom is 0.217 e. The van der Waals surface area contributed by atoms with E-state index in [1.54, 1.807) is 7.11 Å². The van der Waals surface area contributed by atoms with Crippen LogP contribution < -0.4 is 10.1 Å². The molecule has 1 aromatic heterocycles. The van der Waals surface area contributed by atoms with Crippen LogP contribution in [-0.4, -0.2) is 48.8 Å². The molecule has 0 radical (unpaired) electrons. The number of aliphatic hydroxyl groups is 1. The summed E-state index contributed by atoms with van der Waals surface area (Å²) in [4.78, 5) is 7.16. The van der Waals surface area contributed by atoms with Crippen LogP contribution in [0.4, 0.5) is 5.69 Å². The highest BCUT2D eigenvalue weighted by molar-refractivity contribution is 5.87. The van der Waals surface area contributed by atoms with Crippen molar-refractivity contribution < 1.29 is 9.84 Å². The van der Waals surface area contributed by atoms with Crippen molar-refractivity contribution in [3.8, 4) is 5.88 Å². The predicted molar refractivity (Wildman–Crippen MR) is 178 cm³/mol. The van der Waals surface area contributed by atoms with E-state index in [-0.39, 0.29) is 0 Å². The van der Waals surface area contributed by atoms with Gasteiger partial charge in [-0.1, -0.05) is 92.1 Å². The lowest BCUT2D eigenvalue weighted by Gasteiger charge is -2.39. The van der Waals surface area contributed by atoms with Gasteiger partial charge >= 0.3 is 0 Å². The third-order valence-electron chi connectivity index (χ3n) is 9.09. The van der Waals surface area contributed by atoms with Crippen LogP contribution in [0.3, 0.4) is 0 Å². The van der Waals surface area contributed by atoms with Gasteiger partial charge in [-0.05, 0) is 79.5 Å². The summed E-state index contributed by atoms with van der Waals surface area (Å²) in [5.74, 6) is 0.110. The van der Waals surface area contributed by atoms with Crippen molar-refractivity contribution in [3.63, 3.8) is 0 Å². The molecule has 6 rings (SSSR count). The minimum atomic E-state index is -1.26. The smallest absolute Gasteiger partial charge is 0.217 e. The molecule has 1 aliphatic rings. The molecule has 0 bridgehead atoms. The van der Waals surface area contributed by atoms with Gasteiger partial charge in [0.05, 0.1) is 12.6 Å². The average molecular weight is 574 g/mol. The van der Waals surface area contributed by atoms with Gasteiger partial charge in [0.2, 0.25) is 5.88 Å². The second-order valence-electron chi connectivity index (χ2n) is 12.3. The summed E-state index contributed by atoms with van der Waals surface area (Å²) in [6.45, 7) is 0.710. The summed E-state index contributed by atoms with van der Waals surface area (Å²) in [6.07, 6.45) is 6.85. The lowest BCUT2D eigenvalue weighted by atomic mass is 9.70. The van der Waals surface area contributed by atoms with E-state index in [1.165, 1.54) is 32.1 Å². The van der Waals surface area contributed by atoms with Crippen molar-refractivity contribution in [2.45, 2.75) is 56.1 Å². The number of rotatable bonds is 10. The fourth-order valence-corrected chi connectivity index (χ4v) is 6.91. The van der Waals surface area contributed by atoms with E-state index in [4.69, 9.17) is 9.72 Å². The Hall–Kier alpha value is -3.93. The Morgan fingerprint density at radius 1 is 0.884 bits per heavy atom. The summed E-state index contributed by atoms with van der Waals surface area (Å²) in [5, 5.41) is 20.2. The van der Waals surface area contributed by atoms with Crippen molar-refractivity contribution in [1.29, 1.82) is 0 Å². The first-order chi connectivity index (χ1) is 21.0. The van der Waals surface area contributed by atoms with E-state index in [9.17, 15) is 5.11 Å². The SMILES string of the molecule is COc1nc2ccc(NC3CCCCC3)cc2cc1[C@@H](c1ccccc1)[C@@](O)(CCN(C)C)c1cccc2ccccc12. The number of hydrogen-bond donors (Lipinski definition) is 2. The Balaban J connectivity index is 1.55. The Labute approximate surface area is 255 Å². The molecule has 4 aromatic carbocycles. The summed E-state index contributed by atoms with van der Waals surface area (Å²) in [5.41, 5.74) is 3.55. The third-order valence-corrected chi connectivity index (χ3v) is 9.09. The second-order valence-corrected chi connectivity index (χ2v) is 12.3. The first-order valence-electron chi connectivity index (χ1n) is 15.6. The van der Waals surface area contributed by atoms with Crippen LogP contribution in [0.15, 0.2) is 97.1 Å². The maximum absolute atomic E-state index is 13.2. The highest BCUT2D eigenvalue weighted by Crippen LogP contribution is 2.49. The van der Waals surface area contributed by atoms with E-state index < -0.39 is 11.5 Å². The fraction of sp³-hybridized carbons (Fsp3) is 0.342. The van der Waals surface area contributed by atoms with Gasteiger partial charge in [0.15, 0.2) is 0 Å². The maximum atomic E-state index is 13.2.